The third-order valence-corrected chi connectivity index (χ3v) is 5.44. The second-order valence-corrected chi connectivity index (χ2v) is 7.44. The van der Waals surface area contributed by atoms with Gasteiger partial charge in [-0.1, -0.05) is 49.0 Å². The van der Waals surface area contributed by atoms with Crippen LogP contribution in [-0.4, -0.2) is 27.1 Å². The van der Waals surface area contributed by atoms with Crippen LogP contribution in [0.5, 0.6) is 0 Å². The Balaban J connectivity index is 1.71. The second kappa shape index (κ2) is 9.38. The third kappa shape index (κ3) is 4.83. The summed E-state index contributed by atoms with van der Waals surface area (Å²) in [7, 11) is 0. The Morgan fingerprint density at radius 3 is 2.48 bits per heavy atom. The van der Waals surface area contributed by atoms with Gasteiger partial charge >= 0.3 is 0 Å². The average molecular weight is 410 g/mol. The molecular weight excluding hydrogens is 388 g/mol. The molecule has 1 aromatic heterocycles. The number of amides is 2. The lowest BCUT2D eigenvalue weighted by Gasteiger charge is -2.18. The molecule has 0 spiro atoms. The van der Waals surface area contributed by atoms with Gasteiger partial charge < -0.3 is 0 Å². The van der Waals surface area contributed by atoms with Crippen molar-refractivity contribution in [1.29, 1.82) is 0 Å². The number of carbonyl (C=O) groups is 2. The van der Waals surface area contributed by atoms with Gasteiger partial charge in [-0.2, -0.15) is 0 Å². The fraction of sp³-hybridized carbons (Fsp3) is 0.238. The van der Waals surface area contributed by atoms with E-state index in [1.165, 1.54) is 0 Å². The number of hydrogen-bond donors (Lipinski definition) is 2. The molecule has 8 heteroatoms. The molecule has 2 N–H and O–H groups in total. The van der Waals surface area contributed by atoms with Crippen molar-refractivity contribution in [2.24, 2.45) is 0 Å². The summed E-state index contributed by atoms with van der Waals surface area (Å²) in [6.07, 6.45) is 0.757. The van der Waals surface area contributed by atoms with Gasteiger partial charge in [0, 0.05) is 11.6 Å². The molecule has 0 saturated heterocycles. The van der Waals surface area contributed by atoms with Crippen LogP contribution >= 0.6 is 11.8 Å². The molecular formula is C21H22N4O3S. The predicted molar refractivity (Wildman–Crippen MR) is 114 cm³/mol. The molecule has 29 heavy (non-hydrogen) atoms. The summed E-state index contributed by atoms with van der Waals surface area (Å²) in [5.74, 6) is -0.780. The number of aromatic nitrogens is 2. The summed E-state index contributed by atoms with van der Waals surface area (Å²) in [4.78, 5) is 41.7. The van der Waals surface area contributed by atoms with Crippen molar-refractivity contribution in [3.05, 3.63) is 70.5 Å². The molecule has 2 amide bonds. The molecule has 0 unspecified atom stereocenters. The van der Waals surface area contributed by atoms with Crippen LogP contribution in [-0.2, 0) is 4.79 Å². The second-order valence-electron chi connectivity index (χ2n) is 6.50. The molecule has 0 aliphatic rings. The van der Waals surface area contributed by atoms with E-state index in [2.05, 4.69) is 15.8 Å². The van der Waals surface area contributed by atoms with Gasteiger partial charge in [0.1, 0.15) is 0 Å². The van der Waals surface area contributed by atoms with Crippen LogP contribution in [0.3, 0.4) is 0 Å². The minimum atomic E-state index is -0.399. The van der Waals surface area contributed by atoms with Gasteiger partial charge in [0.05, 0.1) is 16.7 Å². The maximum atomic E-state index is 12.9. The van der Waals surface area contributed by atoms with E-state index in [-0.39, 0.29) is 17.4 Å². The number of benzene rings is 2. The monoisotopic (exact) mass is 410 g/mol. The highest BCUT2D eigenvalue weighted by Gasteiger charge is 2.17. The lowest BCUT2D eigenvalue weighted by Crippen LogP contribution is -2.42. The summed E-state index contributed by atoms with van der Waals surface area (Å²) >= 11 is 1.16. The smallest absolute Gasteiger partial charge is 0.269 e. The Hall–Kier alpha value is -3.13. The largest absolute Gasteiger partial charge is 0.284 e. The molecule has 0 fully saturated rings. The highest BCUT2D eigenvalue weighted by Crippen LogP contribution is 2.22. The highest BCUT2D eigenvalue weighted by molar-refractivity contribution is 7.99. The molecule has 1 heterocycles. The number of hydrazine groups is 1. The van der Waals surface area contributed by atoms with Crippen molar-refractivity contribution in [2.75, 3.05) is 5.75 Å². The SMILES string of the molecule is CC[C@H](C)n1c(SCC(=O)NNC(=O)c2ccccc2)nc2ccccc2c1=O. The van der Waals surface area contributed by atoms with Gasteiger partial charge in [-0.25, -0.2) is 4.98 Å². The molecule has 3 aromatic rings. The topological polar surface area (TPSA) is 93.1 Å². The third-order valence-electron chi connectivity index (χ3n) is 4.49. The summed E-state index contributed by atoms with van der Waals surface area (Å²) in [5, 5.41) is 1.03. The summed E-state index contributed by atoms with van der Waals surface area (Å²) in [6, 6.07) is 15.7. The maximum absolute atomic E-state index is 12.9. The molecule has 2 aromatic carbocycles. The number of thioether (sulfide) groups is 1. The van der Waals surface area contributed by atoms with Crippen molar-refractivity contribution in [3.63, 3.8) is 0 Å². The average Bonchev–Trinajstić information content (AvgIpc) is 2.76. The van der Waals surface area contributed by atoms with Gasteiger partial charge in [-0.15, -0.1) is 0 Å². The van der Waals surface area contributed by atoms with Crippen LogP contribution < -0.4 is 16.4 Å². The lowest BCUT2D eigenvalue weighted by atomic mass is 10.2. The summed E-state index contributed by atoms with van der Waals surface area (Å²) in [5.41, 5.74) is 5.70. The van der Waals surface area contributed by atoms with Crippen LogP contribution in [0.4, 0.5) is 0 Å². The van der Waals surface area contributed by atoms with Crippen LogP contribution in [0.1, 0.15) is 36.7 Å². The first-order chi connectivity index (χ1) is 14.0. The van der Waals surface area contributed by atoms with Crippen LogP contribution in [0, 0.1) is 0 Å². The molecule has 150 valence electrons. The fourth-order valence-electron chi connectivity index (χ4n) is 2.75. The Morgan fingerprint density at radius 2 is 1.76 bits per heavy atom. The predicted octanol–water partition coefficient (Wildman–Crippen LogP) is 2.92. The number of hydrogen-bond acceptors (Lipinski definition) is 5. The minimum Gasteiger partial charge on any atom is -0.284 e. The number of para-hydroxylation sites is 1. The van der Waals surface area contributed by atoms with E-state index in [0.29, 0.717) is 21.6 Å². The Morgan fingerprint density at radius 1 is 1.07 bits per heavy atom. The van der Waals surface area contributed by atoms with E-state index in [9.17, 15) is 14.4 Å². The molecule has 0 radical (unpaired) electrons. The van der Waals surface area contributed by atoms with Gasteiger partial charge in [0.25, 0.3) is 11.5 Å². The normalized spacial score (nSPS) is 11.8. The molecule has 7 nitrogen and oxygen atoms in total. The fourth-order valence-corrected chi connectivity index (χ4v) is 3.65. The first-order valence-electron chi connectivity index (χ1n) is 9.29. The van der Waals surface area contributed by atoms with Crippen LogP contribution in [0.25, 0.3) is 10.9 Å². The zero-order valence-corrected chi connectivity index (χ0v) is 17.0. The summed E-state index contributed by atoms with van der Waals surface area (Å²) < 4.78 is 1.63. The molecule has 0 bridgehead atoms. The van der Waals surface area contributed by atoms with E-state index < -0.39 is 11.8 Å². The van der Waals surface area contributed by atoms with E-state index in [4.69, 9.17) is 0 Å². The molecule has 3 rings (SSSR count). The Kier molecular flexibility index (Phi) is 6.66. The van der Waals surface area contributed by atoms with Crippen molar-refractivity contribution in [1.82, 2.24) is 20.4 Å². The number of carbonyl (C=O) groups excluding carboxylic acids is 2. The molecule has 0 aliphatic carbocycles. The van der Waals surface area contributed by atoms with Crippen molar-refractivity contribution < 1.29 is 9.59 Å². The van der Waals surface area contributed by atoms with Gasteiger partial charge in [0.2, 0.25) is 5.91 Å². The number of rotatable bonds is 6. The Bertz CT molecular complexity index is 1080. The quantitative estimate of drug-likeness (QED) is 0.370. The van der Waals surface area contributed by atoms with E-state index in [0.717, 1.165) is 18.2 Å². The van der Waals surface area contributed by atoms with Crippen LogP contribution in [0.15, 0.2) is 64.5 Å². The number of nitrogens with zero attached hydrogens (tertiary/aromatic N) is 2. The first-order valence-corrected chi connectivity index (χ1v) is 10.3. The lowest BCUT2D eigenvalue weighted by molar-refractivity contribution is -0.119. The van der Waals surface area contributed by atoms with E-state index >= 15 is 0 Å². The van der Waals surface area contributed by atoms with Crippen molar-refractivity contribution >= 4 is 34.5 Å². The minimum absolute atomic E-state index is 0.0102. The van der Waals surface area contributed by atoms with E-state index in [1.54, 1.807) is 47.0 Å². The number of fused-ring (bicyclic) bond motifs is 1. The van der Waals surface area contributed by atoms with Gasteiger partial charge in [0.15, 0.2) is 5.16 Å². The standard InChI is InChI=1S/C21H22N4O3S/c1-3-14(2)25-20(28)16-11-7-8-12-17(16)22-21(25)29-13-18(26)23-24-19(27)15-9-5-4-6-10-15/h4-12,14H,3,13H2,1-2H3,(H,23,26)(H,24,27)/t14-/m0/s1. The van der Waals surface area contributed by atoms with Crippen LogP contribution in [0.2, 0.25) is 0 Å². The number of nitrogens with one attached hydrogen (secondary N) is 2. The Labute approximate surface area is 172 Å². The molecule has 0 saturated carbocycles. The van der Waals surface area contributed by atoms with Gasteiger partial charge in [-0.3, -0.25) is 29.8 Å². The highest BCUT2D eigenvalue weighted by atomic mass is 32.2. The first kappa shape index (κ1) is 20.6. The van der Waals surface area contributed by atoms with Crippen molar-refractivity contribution in [2.45, 2.75) is 31.5 Å². The van der Waals surface area contributed by atoms with Crippen molar-refractivity contribution in [3.8, 4) is 0 Å². The van der Waals surface area contributed by atoms with Gasteiger partial charge in [-0.05, 0) is 37.6 Å². The molecule has 0 aliphatic heterocycles. The summed E-state index contributed by atoms with van der Waals surface area (Å²) in [6.45, 7) is 3.94. The zero-order chi connectivity index (χ0) is 20.8. The van der Waals surface area contributed by atoms with E-state index in [1.807, 2.05) is 26.0 Å². The molecule has 1 atom stereocenters. The maximum Gasteiger partial charge on any atom is 0.269 e. The zero-order valence-electron chi connectivity index (χ0n) is 16.2.